The molecule has 0 aliphatic rings. The molecule has 5 rings (SSSR count). The minimum Gasteiger partial charge on any atom is -0.337 e. The Morgan fingerprint density at radius 3 is 2.29 bits per heavy atom. The fourth-order valence-corrected chi connectivity index (χ4v) is 5.55. The van der Waals surface area contributed by atoms with Crippen molar-refractivity contribution in [1.82, 2.24) is 14.5 Å². The molecule has 1 aromatic heterocycles. The van der Waals surface area contributed by atoms with E-state index in [1.165, 1.54) is 23.9 Å². The molecule has 0 fully saturated rings. The number of hydrogen-bond acceptors (Lipinski definition) is 6. The average molecular weight is 565 g/mol. The van der Waals surface area contributed by atoms with Crippen LogP contribution in [-0.2, 0) is 25.3 Å². The second kappa shape index (κ2) is 12.6. The normalized spacial score (nSPS) is 11.0. The number of nitrogens with zero attached hydrogens (tertiary/aromatic N) is 4. The summed E-state index contributed by atoms with van der Waals surface area (Å²) in [7, 11) is 1.74. The third-order valence-electron chi connectivity index (χ3n) is 6.73. The first-order valence-electron chi connectivity index (χ1n) is 13.1. The Kier molecular flexibility index (Phi) is 8.55. The van der Waals surface area contributed by atoms with Crippen LogP contribution in [0.5, 0.6) is 0 Å². The number of rotatable bonds is 10. The number of nitro benzene ring substituents is 1. The molecule has 0 aliphatic heterocycles. The zero-order valence-corrected chi connectivity index (χ0v) is 23.3. The Morgan fingerprint density at radius 1 is 0.902 bits per heavy atom. The van der Waals surface area contributed by atoms with E-state index in [-0.39, 0.29) is 17.2 Å². The van der Waals surface area contributed by atoms with Crippen LogP contribution in [0.15, 0.2) is 113 Å². The minimum absolute atomic E-state index is 0.0128. The first kappa shape index (κ1) is 27.8. The predicted octanol–water partition coefficient (Wildman–Crippen LogP) is 6.11. The second-order valence-corrected chi connectivity index (χ2v) is 10.6. The van der Waals surface area contributed by atoms with E-state index in [0.717, 1.165) is 16.7 Å². The van der Waals surface area contributed by atoms with Gasteiger partial charge < -0.3 is 4.90 Å². The lowest BCUT2D eigenvalue weighted by Gasteiger charge is -2.18. The van der Waals surface area contributed by atoms with Crippen LogP contribution in [0.25, 0.3) is 10.9 Å². The molecule has 5 aromatic rings. The Morgan fingerprint density at radius 2 is 1.59 bits per heavy atom. The standard InChI is InChI=1S/C32H28N4O4S/c1-34(21-24-11-6-3-7-12-24)30(37)26-15-16-28-29(20-26)33-32(41-22-25-13-8-14-27(19-25)36(39)40)35(31(28)38)18-17-23-9-4-2-5-10-23/h2-16,19-20H,17-18,21-22H2,1H3. The van der Waals surface area contributed by atoms with Crippen molar-refractivity contribution in [1.29, 1.82) is 0 Å². The summed E-state index contributed by atoms with van der Waals surface area (Å²) in [6.07, 6.45) is 0.638. The Labute approximate surface area is 241 Å². The van der Waals surface area contributed by atoms with Gasteiger partial charge in [-0.2, -0.15) is 0 Å². The van der Waals surface area contributed by atoms with Gasteiger partial charge in [0.1, 0.15) is 0 Å². The Balaban J connectivity index is 1.47. The van der Waals surface area contributed by atoms with E-state index in [1.807, 2.05) is 66.7 Å². The lowest BCUT2D eigenvalue weighted by molar-refractivity contribution is -0.384. The average Bonchev–Trinajstić information content (AvgIpc) is 3.00. The Hall–Kier alpha value is -4.76. The molecule has 8 nitrogen and oxygen atoms in total. The molecule has 1 amide bonds. The van der Waals surface area contributed by atoms with E-state index in [9.17, 15) is 19.7 Å². The number of thioether (sulfide) groups is 1. The van der Waals surface area contributed by atoms with Gasteiger partial charge in [0.25, 0.3) is 17.2 Å². The highest BCUT2D eigenvalue weighted by molar-refractivity contribution is 7.98. The molecule has 0 radical (unpaired) electrons. The number of amides is 1. The van der Waals surface area contributed by atoms with Crippen LogP contribution >= 0.6 is 11.8 Å². The highest BCUT2D eigenvalue weighted by Crippen LogP contribution is 2.25. The van der Waals surface area contributed by atoms with E-state index in [1.54, 1.807) is 40.8 Å². The van der Waals surface area contributed by atoms with Crippen LogP contribution in [0.3, 0.4) is 0 Å². The number of hydrogen-bond donors (Lipinski definition) is 0. The molecule has 0 aliphatic carbocycles. The first-order valence-corrected chi connectivity index (χ1v) is 14.1. The fraction of sp³-hybridized carbons (Fsp3) is 0.156. The van der Waals surface area contributed by atoms with E-state index < -0.39 is 4.92 Å². The number of aromatic nitrogens is 2. The van der Waals surface area contributed by atoms with Crippen LogP contribution in [0, 0.1) is 10.1 Å². The molecular weight excluding hydrogens is 536 g/mol. The molecule has 1 heterocycles. The summed E-state index contributed by atoms with van der Waals surface area (Å²) in [6.45, 7) is 0.875. The molecule has 0 saturated carbocycles. The summed E-state index contributed by atoms with van der Waals surface area (Å²) in [5.74, 6) is 0.222. The quantitative estimate of drug-likeness (QED) is 0.0878. The maximum atomic E-state index is 13.7. The minimum atomic E-state index is -0.425. The van der Waals surface area contributed by atoms with E-state index in [2.05, 4.69) is 0 Å². The highest BCUT2D eigenvalue weighted by Gasteiger charge is 2.17. The van der Waals surface area contributed by atoms with Crippen molar-refractivity contribution in [2.24, 2.45) is 0 Å². The summed E-state index contributed by atoms with van der Waals surface area (Å²) < 4.78 is 1.65. The van der Waals surface area contributed by atoms with Crippen LogP contribution in [-0.4, -0.2) is 32.3 Å². The van der Waals surface area contributed by atoms with Crippen molar-refractivity contribution in [3.8, 4) is 0 Å². The summed E-state index contributed by atoms with van der Waals surface area (Å²) >= 11 is 1.34. The molecule has 41 heavy (non-hydrogen) atoms. The lowest BCUT2D eigenvalue weighted by atomic mass is 10.1. The van der Waals surface area contributed by atoms with Gasteiger partial charge in [-0.3, -0.25) is 24.3 Å². The number of nitro groups is 1. The van der Waals surface area contributed by atoms with Gasteiger partial charge in [-0.1, -0.05) is 84.6 Å². The molecule has 4 aromatic carbocycles. The number of benzene rings is 4. The number of fused-ring (bicyclic) bond motifs is 1. The summed E-state index contributed by atoms with van der Waals surface area (Å²) in [6, 6.07) is 31.1. The highest BCUT2D eigenvalue weighted by atomic mass is 32.2. The largest absolute Gasteiger partial charge is 0.337 e. The maximum absolute atomic E-state index is 13.7. The van der Waals surface area contributed by atoms with Gasteiger partial charge in [0.05, 0.1) is 15.8 Å². The zero-order valence-electron chi connectivity index (χ0n) is 22.5. The molecule has 0 atom stereocenters. The van der Waals surface area contributed by atoms with Crippen molar-refractivity contribution in [2.75, 3.05) is 7.05 Å². The fourth-order valence-electron chi connectivity index (χ4n) is 4.58. The van der Waals surface area contributed by atoms with Crippen molar-refractivity contribution in [2.45, 2.75) is 30.4 Å². The maximum Gasteiger partial charge on any atom is 0.269 e. The molecule has 0 unspecified atom stereocenters. The monoisotopic (exact) mass is 564 g/mol. The van der Waals surface area contributed by atoms with Crippen molar-refractivity contribution in [3.63, 3.8) is 0 Å². The topological polar surface area (TPSA) is 98.3 Å². The van der Waals surface area contributed by atoms with Crippen molar-refractivity contribution in [3.05, 3.63) is 146 Å². The number of carbonyl (C=O) groups is 1. The SMILES string of the molecule is CN(Cc1ccccc1)C(=O)c1ccc2c(=O)n(CCc3ccccc3)c(SCc3cccc([N+](=O)[O-])c3)nc2c1. The lowest BCUT2D eigenvalue weighted by Crippen LogP contribution is -2.27. The van der Waals surface area contributed by atoms with Crippen LogP contribution in [0.2, 0.25) is 0 Å². The molecule has 0 spiro atoms. The van der Waals surface area contributed by atoms with E-state index in [4.69, 9.17) is 4.98 Å². The van der Waals surface area contributed by atoms with E-state index >= 15 is 0 Å². The molecular formula is C32H28N4O4S. The number of carbonyl (C=O) groups excluding carboxylic acids is 1. The van der Waals surface area contributed by atoms with Crippen LogP contribution in [0.4, 0.5) is 5.69 Å². The van der Waals surface area contributed by atoms with Gasteiger partial charge >= 0.3 is 0 Å². The van der Waals surface area contributed by atoms with E-state index in [0.29, 0.717) is 46.9 Å². The summed E-state index contributed by atoms with van der Waals surface area (Å²) in [5, 5.41) is 12.2. The number of non-ortho nitro benzene ring substituents is 1. The second-order valence-electron chi connectivity index (χ2n) is 9.68. The van der Waals surface area contributed by atoms with Crippen molar-refractivity contribution < 1.29 is 9.72 Å². The smallest absolute Gasteiger partial charge is 0.269 e. The predicted molar refractivity (Wildman–Crippen MR) is 161 cm³/mol. The van der Waals surface area contributed by atoms with Gasteiger partial charge in [0.2, 0.25) is 0 Å². The van der Waals surface area contributed by atoms with Gasteiger partial charge in [-0.25, -0.2) is 4.98 Å². The summed E-state index contributed by atoms with van der Waals surface area (Å²) in [4.78, 5) is 44.2. The number of aryl methyl sites for hydroxylation is 1. The van der Waals surface area contributed by atoms with Gasteiger partial charge in [0.15, 0.2) is 5.16 Å². The third kappa shape index (κ3) is 6.70. The molecule has 9 heteroatoms. The van der Waals surface area contributed by atoms with Crippen LogP contribution in [0.1, 0.15) is 27.0 Å². The third-order valence-corrected chi connectivity index (χ3v) is 7.78. The van der Waals surface area contributed by atoms with Gasteiger partial charge in [0, 0.05) is 43.6 Å². The van der Waals surface area contributed by atoms with Gasteiger partial charge in [-0.15, -0.1) is 0 Å². The zero-order chi connectivity index (χ0) is 28.8. The molecule has 206 valence electrons. The first-order chi connectivity index (χ1) is 19.9. The van der Waals surface area contributed by atoms with Crippen LogP contribution < -0.4 is 5.56 Å². The molecule has 0 N–H and O–H groups in total. The van der Waals surface area contributed by atoms with Crippen molar-refractivity contribution >= 4 is 34.3 Å². The summed E-state index contributed by atoms with van der Waals surface area (Å²) in [5.41, 5.74) is 3.56. The molecule has 0 saturated heterocycles. The molecule has 0 bridgehead atoms. The Bertz CT molecular complexity index is 1760. The van der Waals surface area contributed by atoms with Gasteiger partial charge in [-0.05, 0) is 41.3 Å².